The first-order valence-electron chi connectivity index (χ1n) is 7.36. The maximum absolute atomic E-state index is 12.4. The second-order valence-electron chi connectivity index (χ2n) is 4.94. The molecule has 120 valence electrons. The molecule has 1 aromatic carbocycles. The molecule has 0 saturated heterocycles. The Labute approximate surface area is 135 Å². The third-order valence-corrected chi connectivity index (χ3v) is 4.07. The van der Waals surface area contributed by atoms with E-state index in [1.54, 1.807) is 24.3 Å². The smallest absolute Gasteiger partial charge is 0.276 e. The summed E-state index contributed by atoms with van der Waals surface area (Å²) in [6, 6.07) is 6.79. The van der Waals surface area contributed by atoms with Crippen LogP contribution < -0.4 is 11.1 Å². The van der Waals surface area contributed by atoms with E-state index < -0.39 is 0 Å². The van der Waals surface area contributed by atoms with Crippen LogP contribution in [-0.2, 0) is 13.0 Å². The zero-order chi connectivity index (χ0) is 16.2. The Hall–Kier alpha value is -2.35. The van der Waals surface area contributed by atoms with Crippen molar-refractivity contribution in [2.45, 2.75) is 31.5 Å². The van der Waals surface area contributed by atoms with Crippen molar-refractivity contribution in [1.29, 1.82) is 0 Å². The van der Waals surface area contributed by atoms with E-state index in [4.69, 9.17) is 4.42 Å². The fourth-order valence-electron chi connectivity index (χ4n) is 2.31. The van der Waals surface area contributed by atoms with E-state index in [-0.39, 0.29) is 11.1 Å². The molecule has 0 saturated carbocycles. The number of H-pyrrole nitrogens is 1. The molecule has 1 N–H and O–H groups in total. The van der Waals surface area contributed by atoms with Crippen molar-refractivity contribution in [3.05, 3.63) is 50.9 Å². The van der Waals surface area contributed by atoms with Gasteiger partial charge in [0.15, 0.2) is 0 Å². The first kappa shape index (κ1) is 15.5. The van der Waals surface area contributed by atoms with Gasteiger partial charge in [-0.2, -0.15) is 0 Å². The molecule has 0 unspecified atom stereocenters. The molecule has 0 bridgehead atoms. The largest absolute Gasteiger partial charge is 0.416 e. The number of thioether (sulfide) groups is 1. The summed E-state index contributed by atoms with van der Waals surface area (Å²) >= 11 is 1.49. The highest BCUT2D eigenvalue weighted by atomic mass is 32.2. The van der Waals surface area contributed by atoms with E-state index in [1.807, 2.05) is 6.92 Å². The number of aryl methyl sites for hydroxylation is 2. The summed E-state index contributed by atoms with van der Waals surface area (Å²) in [5.74, 6) is 1.41. The zero-order valence-corrected chi connectivity index (χ0v) is 13.4. The summed E-state index contributed by atoms with van der Waals surface area (Å²) in [6.07, 6.45) is 1.17. The van der Waals surface area contributed by atoms with Crippen molar-refractivity contribution in [3.8, 4) is 0 Å². The van der Waals surface area contributed by atoms with Gasteiger partial charge < -0.3 is 4.42 Å². The fourth-order valence-corrected chi connectivity index (χ4v) is 2.81. The molecule has 0 radical (unpaired) electrons. The highest BCUT2D eigenvalue weighted by Crippen LogP contribution is 2.15. The molecule has 3 rings (SSSR count). The Bertz CT molecular complexity index is 928. The van der Waals surface area contributed by atoms with Gasteiger partial charge in [0.25, 0.3) is 16.3 Å². The van der Waals surface area contributed by atoms with Crippen molar-refractivity contribution in [2.24, 2.45) is 0 Å². The minimum atomic E-state index is -0.264. The topological polar surface area (TPSA) is 93.8 Å². The van der Waals surface area contributed by atoms with Crippen LogP contribution in [0.4, 0.5) is 0 Å². The molecule has 23 heavy (non-hydrogen) atoms. The molecule has 0 spiro atoms. The van der Waals surface area contributed by atoms with E-state index >= 15 is 0 Å². The summed E-state index contributed by atoms with van der Waals surface area (Å²) in [6.45, 7) is 2.40. The number of nitrogens with one attached hydrogen (secondary N) is 1. The predicted molar refractivity (Wildman–Crippen MR) is 87.8 cm³/mol. The minimum Gasteiger partial charge on any atom is -0.416 e. The second kappa shape index (κ2) is 6.82. The van der Waals surface area contributed by atoms with Crippen LogP contribution in [-0.4, -0.2) is 25.7 Å². The standard InChI is InChI=1S/C15H16N4O3S/c1-2-23-15-17-16-12(22-15)8-5-9-19-14(21)11-7-4-3-6-10(11)13(20)18-19/h3-4,6-7H,2,5,8-9H2,1H3,(H,18,20). The van der Waals surface area contributed by atoms with Crippen LogP contribution in [0.1, 0.15) is 19.2 Å². The van der Waals surface area contributed by atoms with Gasteiger partial charge in [0.1, 0.15) is 0 Å². The first-order chi connectivity index (χ1) is 11.2. The molecule has 0 amide bonds. The van der Waals surface area contributed by atoms with E-state index in [0.29, 0.717) is 41.3 Å². The monoisotopic (exact) mass is 332 g/mol. The fraction of sp³-hybridized carbons (Fsp3) is 0.333. The molecule has 2 aromatic heterocycles. The molecule has 0 atom stereocenters. The molecule has 0 aliphatic carbocycles. The predicted octanol–water partition coefficient (Wildman–Crippen LogP) is 1.82. The van der Waals surface area contributed by atoms with Crippen molar-refractivity contribution in [3.63, 3.8) is 0 Å². The Morgan fingerprint density at radius 1 is 1.22 bits per heavy atom. The van der Waals surface area contributed by atoms with Crippen molar-refractivity contribution in [2.75, 3.05) is 5.75 Å². The minimum absolute atomic E-state index is 0.201. The third-order valence-electron chi connectivity index (χ3n) is 3.37. The van der Waals surface area contributed by atoms with Gasteiger partial charge in [0, 0.05) is 13.0 Å². The van der Waals surface area contributed by atoms with E-state index in [2.05, 4.69) is 15.3 Å². The Balaban J connectivity index is 1.73. The number of aromatic nitrogens is 4. The number of rotatable bonds is 6. The van der Waals surface area contributed by atoms with Gasteiger partial charge in [-0.1, -0.05) is 30.8 Å². The van der Waals surface area contributed by atoms with Crippen LogP contribution in [0.5, 0.6) is 0 Å². The third kappa shape index (κ3) is 3.37. The van der Waals surface area contributed by atoms with Crippen molar-refractivity contribution >= 4 is 22.5 Å². The van der Waals surface area contributed by atoms with Crippen LogP contribution in [0, 0.1) is 0 Å². The molecule has 2 heterocycles. The molecular weight excluding hydrogens is 316 g/mol. The molecule has 7 nitrogen and oxygen atoms in total. The highest BCUT2D eigenvalue weighted by Gasteiger charge is 2.08. The van der Waals surface area contributed by atoms with E-state index in [1.165, 1.54) is 16.4 Å². The average Bonchev–Trinajstić information content (AvgIpc) is 3.00. The Morgan fingerprint density at radius 3 is 2.78 bits per heavy atom. The normalized spacial score (nSPS) is 11.2. The van der Waals surface area contributed by atoms with Gasteiger partial charge in [0.2, 0.25) is 5.89 Å². The number of fused-ring (bicyclic) bond motifs is 1. The number of aromatic amines is 1. The number of hydrogen-bond acceptors (Lipinski definition) is 6. The molecule has 0 aliphatic heterocycles. The van der Waals surface area contributed by atoms with E-state index in [0.717, 1.165) is 5.75 Å². The molecule has 8 heteroatoms. The lowest BCUT2D eigenvalue weighted by molar-refractivity contribution is 0.402. The lowest BCUT2D eigenvalue weighted by atomic mass is 10.2. The quantitative estimate of drug-likeness (QED) is 0.692. The van der Waals surface area contributed by atoms with Crippen LogP contribution >= 0.6 is 11.8 Å². The summed E-state index contributed by atoms with van der Waals surface area (Å²) in [5.41, 5.74) is -0.465. The van der Waals surface area contributed by atoms with Crippen molar-refractivity contribution in [1.82, 2.24) is 20.0 Å². The summed E-state index contributed by atoms with van der Waals surface area (Å²) in [5, 5.41) is 11.9. The maximum atomic E-state index is 12.4. The molecule has 3 aromatic rings. The summed E-state index contributed by atoms with van der Waals surface area (Å²) in [7, 11) is 0. The molecule has 0 aliphatic rings. The maximum Gasteiger partial charge on any atom is 0.276 e. The SMILES string of the molecule is CCSc1nnc(CCCn2[nH]c(=O)c3ccccc3c2=O)o1. The van der Waals surface area contributed by atoms with Gasteiger partial charge in [-0.3, -0.25) is 14.7 Å². The number of benzene rings is 1. The molecule has 0 fully saturated rings. The first-order valence-corrected chi connectivity index (χ1v) is 8.34. The van der Waals surface area contributed by atoms with Crippen LogP contribution in [0.25, 0.3) is 10.8 Å². The van der Waals surface area contributed by atoms with Crippen LogP contribution in [0.3, 0.4) is 0 Å². The van der Waals surface area contributed by atoms with Gasteiger partial charge in [-0.25, -0.2) is 4.68 Å². The average molecular weight is 332 g/mol. The van der Waals surface area contributed by atoms with Crippen molar-refractivity contribution < 1.29 is 4.42 Å². The second-order valence-corrected chi connectivity index (χ2v) is 6.16. The number of hydrogen-bond donors (Lipinski definition) is 1. The van der Waals surface area contributed by atoms with Crippen LogP contribution in [0.15, 0.2) is 43.5 Å². The van der Waals surface area contributed by atoms with Gasteiger partial charge in [0.05, 0.1) is 10.8 Å². The lowest BCUT2D eigenvalue weighted by Crippen LogP contribution is -2.30. The van der Waals surface area contributed by atoms with Gasteiger partial charge in [-0.15, -0.1) is 10.2 Å². The van der Waals surface area contributed by atoms with Gasteiger partial charge in [-0.05, 0) is 24.3 Å². The Morgan fingerprint density at radius 2 is 2.00 bits per heavy atom. The van der Waals surface area contributed by atoms with E-state index in [9.17, 15) is 9.59 Å². The molecular formula is C15H16N4O3S. The highest BCUT2D eigenvalue weighted by molar-refractivity contribution is 7.99. The Kier molecular flexibility index (Phi) is 4.61. The summed E-state index contributed by atoms with van der Waals surface area (Å²) in [4.78, 5) is 24.4. The van der Waals surface area contributed by atoms with Crippen LogP contribution in [0.2, 0.25) is 0 Å². The zero-order valence-electron chi connectivity index (χ0n) is 12.6. The summed E-state index contributed by atoms with van der Waals surface area (Å²) < 4.78 is 6.80. The number of nitrogens with zero attached hydrogens (tertiary/aromatic N) is 3. The van der Waals surface area contributed by atoms with Gasteiger partial charge >= 0.3 is 0 Å². The lowest BCUT2D eigenvalue weighted by Gasteiger charge is -2.06.